The van der Waals surface area contributed by atoms with Crippen molar-refractivity contribution in [3.8, 4) is 0 Å². The predicted octanol–water partition coefficient (Wildman–Crippen LogP) is 7.22. The van der Waals surface area contributed by atoms with Crippen LogP contribution in [-0.4, -0.2) is 17.0 Å². The second-order valence-electron chi connectivity index (χ2n) is 10.6. The highest BCUT2D eigenvalue weighted by Gasteiger charge is 2.43. The summed E-state index contributed by atoms with van der Waals surface area (Å²) in [6, 6.07) is 0. The zero-order chi connectivity index (χ0) is 20.9. The molecule has 4 nitrogen and oxygen atoms in total. The van der Waals surface area contributed by atoms with Crippen molar-refractivity contribution in [3.63, 3.8) is 0 Å². The van der Waals surface area contributed by atoms with Crippen molar-refractivity contribution in [2.45, 2.75) is 132 Å². The number of unbranched alkanes of at least 4 members (excludes halogenated alkanes) is 2. The number of hydrogen-bond donors (Lipinski definition) is 0. The van der Waals surface area contributed by atoms with Gasteiger partial charge in [-0.3, -0.25) is 0 Å². The largest absolute Gasteiger partial charge is 0.233 e. The van der Waals surface area contributed by atoms with Crippen LogP contribution in [0.3, 0.4) is 0 Å². The van der Waals surface area contributed by atoms with Crippen LogP contribution >= 0.6 is 0 Å². The van der Waals surface area contributed by atoms with Crippen LogP contribution in [-0.2, 0) is 19.6 Å². The molecule has 0 amide bonds. The van der Waals surface area contributed by atoms with Crippen LogP contribution in [0.1, 0.15) is 115 Å². The Labute approximate surface area is 163 Å². The molecule has 0 aliphatic carbocycles. The van der Waals surface area contributed by atoms with Crippen molar-refractivity contribution >= 4 is 0 Å². The van der Waals surface area contributed by atoms with E-state index in [0.717, 1.165) is 25.7 Å². The van der Waals surface area contributed by atoms with E-state index in [9.17, 15) is 0 Å². The Hall–Kier alpha value is -0.160. The second-order valence-corrected chi connectivity index (χ2v) is 10.6. The Morgan fingerprint density at radius 3 is 1.19 bits per heavy atom. The summed E-state index contributed by atoms with van der Waals surface area (Å²) in [5, 5.41) is 0. The maximum absolute atomic E-state index is 5.98. The highest BCUT2D eigenvalue weighted by Crippen LogP contribution is 2.39. The van der Waals surface area contributed by atoms with Gasteiger partial charge in [0, 0.05) is 12.8 Å². The van der Waals surface area contributed by atoms with Gasteiger partial charge in [-0.15, -0.1) is 0 Å². The molecule has 4 heteroatoms. The van der Waals surface area contributed by atoms with Gasteiger partial charge in [0.05, 0.1) is 0 Å². The van der Waals surface area contributed by atoms with Gasteiger partial charge in [0.2, 0.25) is 5.79 Å². The summed E-state index contributed by atoms with van der Waals surface area (Å²) < 4.78 is 0. The first-order valence-electron chi connectivity index (χ1n) is 10.3. The Morgan fingerprint density at radius 1 is 0.538 bits per heavy atom. The van der Waals surface area contributed by atoms with Crippen molar-refractivity contribution in [2.75, 3.05) is 0 Å². The maximum Gasteiger partial charge on any atom is 0.233 e. The first kappa shape index (κ1) is 25.8. The highest BCUT2D eigenvalue weighted by atomic mass is 17.3. The SMILES string of the molecule is CCCCCC(CC)(OOC(C)(C)C(C)(C)C)OOC(C)(C)C(C)(C)C. The standard InChI is InChI=1S/C22H46O4/c1-13-15-16-17-22(14-2,25-23-20(9,10)18(3,4)5)26-24-21(11,12)19(6,7)8/h13-17H2,1-12H3. The molecule has 0 aromatic rings. The fourth-order valence-electron chi connectivity index (χ4n) is 1.65. The lowest BCUT2D eigenvalue weighted by atomic mass is 9.79. The summed E-state index contributed by atoms with van der Waals surface area (Å²) in [5.41, 5.74) is -1.05. The van der Waals surface area contributed by atoms with Crippen molar-refractivity contribution in [1.29, 1.82) is 0 Å². The average Bonchev–Trinajstić information content (AvgIpc) is 2.47. The number of rotatable bonds is 11. The first-order chi connectivity index (χ1) is 11.5. The van der Waals surface area contributed by atoms with Gasteiger partial charge in [-0.1, -0.05) is 68.2 Å². The summed E-state index contributed by atoms with van der Waals surface area (Å²) in [6.45, 7) is 25.2. The molecule has 0 N–H and O–H groups in total. The van der Waals surface area contributed by atoms with Gasteiger partial charge in [-0.2, -0.15) is 9.78 Å². The predicted molar refractivity (Wildman–Crippen MR) is 109 cm³/mol. The zero-order valence-electron chi connectivity index (χ0n) is 19.7. The van der Waals surface area contributed by atoms with Gasteiger partial charge in [0.1, 0.15) is 11.2 Å². The minimum atomic E-state index is -0.903. The molecule has 26 heavy (non-hydrogen) atoms. The van der Waals surface area contributed by atoms with Gasteiger partial charge in [0.15, 0.2) is 0 Å². The molecule has 0 aromatic heterocycles. The third-order valence-corrected chi connectivity index (χ3v) is 6.12. The third kappa shape index (κ3) is 7.46. The molecule has 0 saturated carbocycles. The molecule has 0 saturated heterocycles. The summed E-state index contributed by atoms with van der Waals surface area (Å²) in [7, 11) is 0. The lowest BCUT2D eigenvalue weighted by molar-refractivity contribution is -0.553. The Bertz CT molecular complexity index is 369. The molecule has 158 valence electrons. The molecule has 0 fully saturated rings. The van der Waals surface area contributed by atoms with E-state index in [2.05, 4.69) is 48.5 Å². The fourth-order valence-corrected chi connectivity index (χ4v) is 1.65. The van der Waals surface area contributed by atoms with Gasteiger partial charge in [-0.05, 0) is 44.9 Å². The van der Waals surface area contributed by atoms with E-state index >= 15 is 0 Å². The van der Waals surface area contributed by atoms with Crippen molar-refractivity contribution in [1.82, 2.24) is 0 Å². The molecule has 0 rings (SSSR count). The van der Waals surface area contributed by atoms with Crippen LogP contribution in [0.25, 0.3) is 0 Å². The van der Waals surface area contributed by atoms with Crippen LogP contribution in [0.5, 0.6) is 0 Å². The highest BCUT2D eigenvalue weighted by molar-refractivity contribution is 4.84. The molecular weight excluding hydrogens is 328 g/mol. The van der Waals surface area contributed by atoms with Crippen LogP contribution in [0.15, 0.2) is 0 Å². The summed E-state index contributed by atoms with van der Waals surface area (Å²) >= 11 is 0. The van der Waals surface area contributed by atoms with Crippen molar-refractivity contribution < 1.29 is 19.6 Å². The molecular formula is C22H46O4. The Morgan fingerprint density at radius 2 is 0.923 bits per heavy atom. The molecule has 0 atom stereocenters. The van der Waals surface area contributed by atoms with E-state index in [0.29, 0.717) is 6.42 Å². The molecule has 0 radical (unpaired) electrons. The van der Waals surface area contributed by atoms with Crippen LogP contribution < -0.4 is 0 Å². The minimum absolute atomic E-state index is 0.0680. The lowest BCUT2D eigenvalue weighted by Crippen LogP contribution is -2.47. The van der Waals surface area contributed by atoms with E-state index in [-0.39, 0.29) is 10.8 Å². The minimum Gasteiger partial charge on any atom is -0.227 e. The summed E-state index contributed by atoms with van der Waals surface area (Å²) in [4.78, 5) is 23.8. The smallest absolute Gasteiger partial charge is 0.227 e. The Kier molecular flexibility index (Phi) is 9.30. The average molecular weight is 375 g/mol. The zero-order valence-corrected chi connectivity index (χ0v) is 19.7. The molecule has 0 aromatic carbocycles. The maximum atomic E-state index is 5.98. The monoisotopic (exact) mass is 374 g/mol. The van der Waals surface area contributed by atoms with E-state index in [1.165, 1.54) is 0 Å². The fraction of sp³-hybridized carbons (Fsp3) is 1.00. The van der Waals surface area contributed by atoms with Crippen molar-refractivity contribution in [2.24, 2.45) is 10.8 Å². The third-order valence-electron chi connectivity index (χ3n) is 6.12. The molecule has 0 aliphatic heterocycles. The molecule has 0 unspecified atom stereocenters. The topological polar surface area (TPSA) is 36.9 Å². The first-order valence-corrected chi connectivity index (χ1v) is 10.3. The van der Waals surface area contributed by atoms with E-state index < -0.39 is 17.0 Å². The number of hydrogen-bond acceptors (Lipinski definition) is 4. The molecule has 0 heterocycles. The van der Waals surface area contributed by atoms with Crippen LogP contribution in [0, 0.1) is 10.8 Å². The van der Waals surface area contributed by atoms with Crippen LogP contribution in [0.4, 0.5) is 0 Å². The van der Waals surface area contributed by atoms with Gasteiger partial charge < -0.3 is 0 Å². The van der Waals surface area contributed by atoms with E-state index in [4.69, 9.17) is 19.6 Å². The molecule has 0 aliphatic rings. The normalized spacial score (nSPS) is 14.8. The van der Waals surface area contributed by atoms with Crippen molar-refractivity contribution in [3.05, 3.63) is 0 Å². The lowest BCUT2D eigenvalue weighted by Gasteiger charge is -2.43. The van der Waals surface area contributed by atoms with E-state index in [1.54, 1.807) is 0 Å². The van der Waals surface area contributed by atoms with Gasteiger partial charge >= 0.3 is 0 Å². The van der Waals surface area contributed by atoms with Gasteiger partial charge in [-0.25, -0.2) is 9.78 Å². The Balaban J connectivity index is 5.29. The quantitative estimate of drug-likeness (QED) is 0.165. The second kappa shape index (κ2) is 9.36. The summed E-state index contributed by atoms with van der Waals surface area (Å²) in [6.07, 6.45) is 4.65. The van der Waals surface area contributed by atoms with Crippen LogP contribution in [0.2, 0.25) is 0 Å². The van der Waals surface area contributed by atoms with Gasteiger partial charge in [0.25, 0.3) is 0 Å². The summed E-state index contributed by atoms with van der Waals surface area (Å²) in [5.74, 6) is -0.903. The van der Waals surface area contributed by atoms with E-state index in [1.807, 2.05) is 34.6 Å². The molecule has 0 spiro atoms. The molecule has 0 bridgehead atoms.